The molecule has 166 valence electrons. The van der Waals surface area contributed by atoms with E-state index >= 15 is 0 Å². The van der Waals surface area contributed by atoms with Gasteiger partial charge in [-0.15, -0.1) is 0 Å². The minimum Gasteiger partial charge on any atom is -0.497 e. The monoisotopic (exact) mass is 436 g/mol. The molecule has 0 fully saturated rings. The van der Waals surface area contributed by atoms with E-state index in [0.29, 0.717) is 17.7 Å². The van der Waals surface area contributed by atoms with Crippen molar-refractivity contribution >= 4 is 28.6 Å². The van der Waals surface area contributed by atoms with Gasteiger partial charge in [-0.3, -0.25) is 13.8 Å². The lowest BCUT2D eigenvalue weighted by Crippen LogP contribution is -2.20. The van der Waals surface area contributed by atoms with Crippen LogP contribution in [0.15, 0.2) is 41.2 Å². The smallest absolute Gasteiger partial charge is 0.341 e. The number of hydrogen-bond donors (Lipinski definition) is 0. The lowest BCUT2D eigenvalue weighted by atomic mass is 10.1. The second kappa shape index (κ2) is 8.37. The minimum atomic E-state index is -0.725. The fourth-order valence-corrected chi connectivity index (χ4v) is 4.06. The summed E-state index contributed by atoms with van der Waals surface area (Å²) in [7, 11) is 1.59. The normalized spacial score (nSPS) is 11.2. The van der Waals surface area contributed by atoms with Crippen LogP contribution >= 0.6 is 0 Å². The molecule has 4 rings (SSSR count). The van der Waals surface area contributed by atoms with Crippen LogP contribution in [-0.2, 0) is 16.0 Å². The molecule has 0 bridgehead atoms. The molecule has 0 unspecified atom stereocenters. The van der Waals surface area contributed by atoms with Crippen LogP contribution in [-0.4, -0.2) is 41.2 Å². The third-order valence-electron chi connectivity index (χ3n) is 5.43. The summed E-state index contributed by atoms with van der Waals surface area (Å²) in [5.74, 6) is -0.669. The van der Waals surface area contributed by atoms with E-state index in [1.54, 1.807) is 36.0 Å². The Hall–Kier alpha value is -3.81. The quantitative estimate of drug-likeness (QED) is 0.413. The molecule has 4 aromatic rings. The Morgan fingerprint density at radius 1 is 0.906 bits per heavy atom. The molecule has 3 heterocycles. The van der Waals surface area contributed by atoms with Crippen LogP contribution in [0.2, 0.25) is 0 Å². The average Bonchev–Trinajstić information content (AvgIpc) is 3.27. The summed E-state index contributed by atoms with van der Waals surface area (Å²) in [6, 6.07) is 11.0. The van der Waals surface area contributed by atoms with E-state index < -0.39 is 11.9 Å². The van der Waals surface area contributed by atoms with Crippen molar-refractivity contribution in [3.63, 3.8) is 0 Å². The van der Waals surface area contributed by atoms with Gasteiger partial charge < -0.3 is 14.2 Å². The molecule has 0 saturated heterocycles. The second-order valence-corrected chi connectivity index (χ2v) is 7.34. The molecule has 0 N–H and O–H groups in total. The average molecular weight is 436 g/mol. The van der Waals surface area contributed by atoms with Crippen LogP contribution in [0.25, 0.3) is 16.7 Å². The Bertz CT molecular complexity index is 1360. The van der Waals surface area contributed by atoms with Crippen molar-refractivity contribution in [1.29, 1.82) is 0 Å². The van der Waals surface area contributed by atoms with Gasteiger partial charge >= 0.3 is 11.9 Å². The summed E-state index contributed by atoms with van der Waals surface area (Å²) >= 11 is 0. The fourth-order valence-electron chi connectivity index (χ4n) is 4.06. The molecular formula is C24H24N2O6. The summed E-state index contributed by atoms with van der Waals surface area (Å²) in [4.78, 5) is 39.3. The van der Waals surface area contributed by atoms with E-state index in [2.05, 4.69) is 0 Å². The van der Waals surface area contributed by atoms with Crippen molar-refractivity contribution in [2.45, 2.75) is 27.3 Å². The molecule has 1 aromatic carbocycles. The molecule has 0 radical (unpaired) electrons. The zero-order valence-electron chi connectivity index (χ0n) is 18.4. The standard InChI is InChI=1S/C24H24N2O6/c1-5-31-23(28)18-17-12-7-14(3)21-25(13-15-8-10-16(30-4)11-9-15)22(27)20(26(17)21)19(18)24(29)32-6-2/h7-12H,5-6,13H2,1-4H3. The molecule has 8 heteroatoms. The predicted molar refractivity (Wildman–Crippen MR) is 119 cm³/mol. The summed E-state index contributed by atoms with van der Waals surface area (Å²) in [6.45, 7) is 5.79. The van der Waals surface area contributed by atoms with Crippen LogP contribution < -0.4 is 10.3 Å². The second-order valence-electron chi connectivity index (χ2n) is 7.34. The highest BCUT2D eigenvalue weighted by molar-refractivity contribution is 6.14. The first kappa shape index (κ1) is 21.4. The highest BCUT2D eigenvalue weighted by Crippen LogP contribution is 2.30. The molecule has 8 nitrogen and oxygen atoms in total. The fraction of sp³-hybridized carbons (Fsp3) is 0.292. The lowest BCUT2D eigenvalue weighted by molar-refractivity contribution is 0.0483. The van der Waals surface area contributed by atoms with Crippen molar-refractivity contribution in [1.82, 2.24) is 8.97 Å². The first-order chi connectivity index (χ1) is 15.4. The molecule has 0 atom stereocenters. The zero-order valence-corrected chi connectivity index (χ0v) is 18.4. The van der Waals surface area contributed by atoms with Crippen molar-refractivity contribution in [2.24, 2.45) is 0 Å². The van der Waals surface area contributed by atoms with E-state index in [1.165, 1.54) is 0 Å². The van der Waals surface area contributed by atoms with E-state index in [0.717, 1.165) is 16.9 Å². The summed E-state index contributed by atoms with van der Waals surface area (Å²) < 4.78 is 18.9. The maximum Gasteiger partial charge on any atom is 0.341 e. The van der Waals surface area contributed by atoms with Crippen LogP contribution in [0.5, 0.6) is 5.75 Å². The number of esters is 2. The Balaban J connectivity index is 2.01. The number of methoxy groups -OCH3 is 1. The number of ether oxygens (including phenoxy) is 3. The Morgan fingerprint density at radius 3 is 2.12 bits per heavy atom. The van der Waals surface area contributed by atoms with Crippen molar-refractivity contribution in [3.8, 4) is 5.75 Å². The van der Waals surface area contributed by atoms with Gasteiger partial charge in [0.1, 0.15) is 28.0 Å². The zero-order chi connectivity index (χ0) is 23.0. The first-order valence-electron chi connectivity index (χ1n) is 10.4. The Kier molecular flexibility index (Phi) is 5.61. The molecule has 3 aromatic heterocycles. The third-order valence-corrected chi connectivity index (χ3v) is 5.43. The van der Waals surface area contributed by atoms with E-state index in [4.69, 9.17) is 14.2 Å². The van der Waals surface area contributed by atoms with E-state index in [-0.39, 0.29) is 35.4 Å². The number of aryl methyl sites for hydroxylation is 1. The molecule has 0 aliphatic carbocycles. The predicted octanol–water partition coefficient (Wildman–Crippen LogP) is 3.41. The molecule has 0 amide bonds. The van der Waals surface area contributed by atoms with Crippen LogP contribution in [0.4, 0.5) is 0 Å². The number of hydrogen-bond acceptors (Lipinski definition) is 6. The van der Waals surface area contributed by atoms with Gasteiger partial charge in [0.05, 0.1) is 32.4 Å². The van der Waals surface area contributed by atoms with E-state index in [9.17, 15) is 14.4 Å². The highest BCUT2D eigenvalue weighted by Gasteiger charge is 2.33. The number of carbonyl (C=O) groups excluding carboxylic acids is 2. The molecule has 0 aliphatic rings. The SMILES string of the molecule is CCOC(=O)c1c(C(=O)OCC)c2c(=O)n(Cc3ccc(OC)cc3)c3c(C)ccc1n23. The highest BCUT2D eigenvalue weighted by atomic mass is 16.5. The van der Waals surface area contributed by atoms with Gasteiger partial charge in [-0.25, -0.2) is 9.59 Å². The topological polar surface area (TPSA) is 88.2 Å². The maximum absolute atomic E-state index is 13.6. The number of pyridine rings is 1. The largest absolute Gasteiger partial charge is 0.497 e. The molecule has 32 heavy (non-hydrogen) atoms. The van der Waals surface area contributed by atoms with Gasteiger partial charge in [0, 0.05) is 0 Å². The third kappa shape index (κ3) is 3.28. The molecular weight excluding hydrogens is 412 g/mol. The van der Waals surface area contributed by atoms with Crippen molar-refractivity contribution in [3.05, 3.63) is 69.0 Å². The Labute approximate surface area is 184 Å². The molecule has 0 saturated carbocycles. The minimum absolute atomic E-state index is 0.0546. The summed E-state index contributed by atoms with van der Waals surface area (Å²) in [5.41, 5.74) is 2.52. The van der Waals surface area contributed by atoms with Crippen LogP contribution in [0.1, 0.15) is 45.7 Å². The van der Waals surface area contributed by atoms with Crippen molar-refractivity contribution < 1.29 is 23.8 Å². The van der Waals surface area contributed by atoms with Crippen molar-refractivity contribution in [2.75, 3.05) is 20.3 Å². The van der Waals surface area contributed by atoms with Crippen LogP contribution in [0.3, 0.4) is 0 Å². The van der Waals surface area contributed by atoms with Gasteiger partial charge in [-0.05, 0) is 50.1 Å². The van der Waals surface area contributed by atoms with Gasteiger partial charge in [0.2, 0.25) is 0 Å². The van der Waals surface area contributed by atoms with Gasteiger partial charge in [-0.2, -0.15) is 0 Å². The number of imidazole rings is 1. The van der Waals surface area contributed by atoms with Gasteiger partial charge in [0.15, 0.2) is 0 Å². The van der Waals surface area contributed by atoms with Crippen LogP contribution in [0, 0.1) is 6.92 Å². The number of aromatic nitrogens is 2. The number of nitrogens with zero attached hydrogens (tertiary/aromatic N) is 2. The van der Waals surface area contributed by atoms with E-state index in [1.807, 2.05) is 37.3 Å². The van der Waals surface area contributed by atoms with Gasteiger partial charge in [-0.1, -0.05) is 18.2 Å². The summed E-state index contributed by atoms with van der Waals surface area (Å²) in [5, 5.41) is 0. The van der Waals surface area contributed by atoms with Gasteiger partial charge in [0.25, 0.3) is 5.56 Å². The summed E-state index contributed by atoms with van der Waals surface area (Å²) in [6.07, 6.45) is 0. The Morgan fingerprint density at radius 2 is 1.53 bits per heavy atom. The number of carbonyl (C=O) groups is 2. The first-order valence-corrected chi connectivity index (χ1v) is 10.4. The lowest BCUT2D eigenvalue weighted by Gasteiger charge is -2.10. The number of benzene rings is 1. The molecule has 0 spiro atoms. The maximum atomic E-state index is 13.6. The molecule has 0 aliphatic heterocycles. The number of rotatable bonds is 7.